The van der Waals surface area contributed by atoms with Gasteiger partial charge in [0.25, 0.3) is 0 Å². The number of fused-ring (bicyclic) bond motifs is 4. The Hall–Kier alpha value is -8.20. The zero-order valence-corrected chi connectivity index (χ0v) is 50.0. The third kappa shape index (κ3) is 11.1. The highest BCUT2D eigenvalue weighted by Crippen LogP contribution is 2.57. The fraction of sp³-hybridized carbons (Fsp3) is 0.259. The first kappa shape index (κ1) is 55.3. The maximum Gasteiger partial charge on any atom is 0.0465 e. The average molecular weight is 1080 g/mol. The second-order valence-corrected chi connectivity index (χ2v) is 24.3. The second-order valence-electron chi connectivity index (χ2n) is 24.3. The lowest BCUT2D eigenvalue weighted by Crippen LogP contribution is -2.26. The van der Waals surface area contributed by atoms with Crippen molar-refractivity contribution in [3.8, 4) is 44.5 Å². The third-order valence-electron chi connectivity index (χ3n) is 19.0. The Kier molecular flexibility index (Phi) is 16.2. The van der Waals surface area contributed by atoms with E-state index in [1.54, 1.807) is 0 Å². The summed E-state index contributed by atoms with van der Waals surface area (Å²) in [4.78, 5) is 5.01. The predicted molar refractivity (Wildman–Crippen MR) is 356 cm³/mol. The van der Waals surface area contributed by atoms with Crippen LogP contribution < -0.4 is 9.80 Å². The van der Waals surface area contributed by atoms with Gasteiger partial charge in [-0.1, -0.05) is 248 Å². The van der Waals surface area contributed by atoms with Crippen molar-refractivity contribution in [1.82, 2.24) is 0 Å². The minimum Gasteiger partial charge on any atom is -0.310 e. The Morgan fingerprint density at radius 1 is 0.349 bits per heavy atom. The first-order valence-electron chi connectivity index (χ1n) is 31.3. The Morgan fingerprint density at radius 2 is 0.723 bits per heavy atom. The van der Waals surface area contributed by atoms with Crippen LogP contribution in [0.15, 0.2) is 231 Å². The zero-order chi connectivity index (χ0) is 56.9. The van der Waals surface area contributed by atoms with Gasteiger partial charge in [0.05, 0.1) is 0 Å². The van der Waals surface area contributed by atoms with Crippen LogP contribution in [-0.2, 0) is 23.7 Å². The van der Waals surface area contributed by atoms with E-state index < -0.39 is 0 Å². The summed E-state index contributed by atoms with van der Waals surface area (Å²) in [6, 6.07) is 88.2. The second kappa shape index (κ2) is 24.3. The van der Waals surface area contributed by atoms with E-state index in [0.717, 1.165) is 36.3 Å². The Morgan fingerprint density at radius 3 is 1.14 bits per heavy atom. The van der Waals surface area contributed by atoms with Crippen LogP contribution in [0, 0.1) is 13.8 Å². The molecule has 0 saturated carbocycles. The van der Waals surface area contributed by atoms with E-state index in [0.29, 0.717) is 0 Å². The van der Waals surface area contributed by atoms with Gasteiger partial charge < -0.3 is 9.80 Å². The van der Waals surface area contributed by atoms with Crippen molar-refractivity contribution in [3.63, 3.8) is 0 Å². The lowest BCUT2D eigenvalue weighted by atomic mass is 9.70. The molecule has 0 amide bonds. The molecule has 2 aliphatic rings. The summed E-state index contributed by atoms with van der Waals surface area (Å²) < 4.78 is 0. The van der Waals surface area contributed by atoms with E-state index in [-0.39, 0.29) is 10.8 Å². The molecular weight excluding hydrogens is 1000 g/mol. The van der Waals surface area contributed by atoms with Crippen LogP contribution in [0.2, 0.25) is 0 Å². The summed E-state index contributed by atoms with van der Waals surface area (Å²) >= 11 is 0. The molecule has 0 saturated heterocycles. The molecule has 0 bridgehead atoms. The fourth-order valence-corrected chi connectivity index (χ4v) is 13.6. The van der Waals surface area contributed by atoms with Gasteiger partial charge in [0.2, 0.25) is 0 Å². The average Bonchev–Trinajstić information content (AvgIpc) is 1.90. The summed E-state index contributed by atoms with van der Waals surface area (Å²) in [5.74, 6) is 0. The van der Waals surface area contributed by atoms with Gasteiger partial charge in [0, 0.05) is 45.0 Å². The molecule has 0 N–H and O–H groups in total. The molecule has 1 atom stereocenters. The van der Waals surface area contributed by atoms with Crippen molar-refractivity contribution < 1.29 is 0 Å². The summed E-state index contributed by atoms with van der Waals surface area (Å²) in [7, 11) is 0. The van der Waals surface area contributed by atoms with Gasteiger partial charge in [-0.25, -0.2) is 0 Å². The van der Waals surface area contributed by atoms with Gasteiger partial charge in [-0.3, -0.25) is 0 Å². The maximum absolute atomic E-state index is 2.62. The minimum atomic E-state index is -0.165. The van der Waals surface area contributed by atoms with Gasteiger partial charge in [-0.05, 0) is 197 Å². The number of anilines is 6. The lowest BCUT2D eigenvalue weighted by molar-refractivity contribution is 0.401. The van der Waals surface area contributed by atoms with E-state index in [2.05, 4.69) is 282 Å². The number of aryl methyl sites for hydroxylation is 4. The molecule has 416 valence electrons. The molecule has 0 radical (unpaired) electrons. The summed E-state index contributed by atoms with van der Waals surface area (Å²) in [5, 5.41) is 0. The fourth-order valence-electron chi connectivity index (χ4n) is 13.6. The molecule has 2 heteroatoms. The number of unbranched alkanes of at least 4 members (excludes halogenated alkanes) is 6. The molecule has 0 heterocycles. The number of benzene rings is 10. The summed E-state index contributed by atoms with van der Waals surface area (Å²) in [6.45, 7) is 13.7. The molecule has 83 heavy (non-hydrogen) atoms. The zero-order valence-electron chi connectivity index (χ0n) is 50.0. The highest BCUT2D eigenvalue weighted by Gasteiger charge is 2.43. The monoisotopic (exact) mass is 1080 g/mol. The van der Waals surface area contributed by atoms with E-state index in [9.17, 15) is 0 Å². The lowest BCUT2D eigenvalue weighted by Gasteiger charge is -2.35. The summed E-state index contributed by atoms with van der Waals surface area (Å²) in [6.07, 6.45) is 15.5. The molecular formula is C81H82N2. The minimum absolute atomic E-state index is 0.0623. The molecule has 10 aromatic carbocycles. The Balaban J connectivity index is 0.963. The van der Waals surface area contributed by atoms with Crippen LogP contribution in [0.4, 0.5) is 34.1 Å². The molecule has 10 aromatic rings. The van der Waals surface area contributed by atoms with Gasteiger partial charge in [0.15, 0.2) is 0 Å². The molecule has 2 aliphatic carbocycles. The van der Waals surface area contributed by atoms with Crippen LogP contribution in [0.25, 0.3) is 44.5 Å². The van der Waals surface area contributed by atoms with E-state index >= 15 is 0 Å². The quantitative estimate of drug-likeness (QED) is 0.0624. The van der Waals surface area contributed by atoms with E-state index in [1.807, 2.05) is 0 Å². The molecule has 0 aliphatic heterocycles. The van der Waals surface area contributed by atoms with Crippen molar-refractivity contribution in [2.24, 2.45) is 0 Å². The van der Waals surface area contributed by atoms with Gasteiger partial charge >= 0.3 is 0 Å². The Bertz CT molecular complexity index is 3780. The molecule has 0 fully saturated rings. The van der Waals surface area contributed by atoms with E-state index in [1.165, 1.54) is 170 Å². The predicted octanol–water partition coefficient (Wildman–Crippen LogP) is 23.3. The molecule has 0 aromatic heterocycles. The van der Waals surface area contributed by atoms with Crippen molar-refractivity contribution >= 4 is 34.1 Å². The highest BCUT2D eigenvalue weighted by atomic mass is 15.1. The molecule has 12 rings (SSSR count). The van der Waals surface area contributed by atoms with Crippen molar-refractivity contribution in [3.05, 3.63) is 275 Å². The van der Waals surface area contributed by atoms with Crippen LogP contribution >= 0.6 is 0 Å². The van der Waals surface area contributed by atoms with Crippen LogP contribution in [-0.4, -0.2) is 0 Å². The van der Waals surface area contributed by atoms with Crippen LogP contribution in [0.1, 0.15) is 143 Å². The normalized spacial score (nSPS) is 13.6. The van der Waals surface area contributed by atoms with Crippen molar-refractivity contribution in [1.29, 1.82) is 0 Å². The van der Waals surface area contributed by atoms with Crippen LogP contribution in [0.5, 0.6) is 0 Å². The smallest absolute Gasteiger partial charge is 0.0465 e. The largest absolute Gasteiger partial charge is 0.310 e. The summed E-state index contributed by atoms with van der Waals surface area (Å²) in [5.41, 5.74) is 28.3. The number of nitrogens with zero attached hydrogens (tertiary/aromatic N) is 2. The molecule has 0 spiro atoms. The Labute approximate surface area is 496 Å². The number of hydrogen-bond acceptors (Lipinski definition) is 2. The van der Waals surface area contributed by atoms with Gasteiger partial charge in [-0.2, -0.15) is 0 Å². The standard InChI is InChI=1S/C81H82N2/c1-7-10-12-17-53-81(54-18-13-11-8-2)78-56-74(82(70-41-23-59(5)24-42-70)71-43-31-62(32-44-71)60-19-15-14-16-20-60)49-51-76(78)77-52-50-75(57-79(77)81)83(73-47-35-65(36-48-73)67-28-26-64-25-27-66(64)55-67)72-45-33-63(34-46-72)61-29-39-69(40-30-61)80(6,9-3)68-37-21-58(4)22-38-68/h14-16,19-24,26,28-52,55-57H,7-13,17-18,25,27,53-54H2,1-6H3. The molecule has 1 unspecified atom stereocenters. The third-order valence-corrected chi connectivity index (χ3v) is 19.0. The van der Waals surface area contributed by atoms with Crippen molar-refractivity contribution in [2.75, 3.05) is 9.80 Å². The highest BCUT2D eigenvalue weighted by molar-refractivity contribution is 5.89. The maximum atomic E-state index is 2.62. The number of hydrogen-bond donors (Lipinski definition) is 0. The molecule has 2 nitrogen and oxygen atoms in total. The first-order chi connectivity index (χ1) is 40.7. The van der Waals surface area contributed by atoms with Crippen molar-refractivity contribution in [2.45, 2.75) is 136 Å². The topological polar surface area (TPSA) is 6.48 Å². The van der Waals surface area contributed by atoms with Gasteiger partial charge in [-0.15, -0.1) is 0 Å². The SMILES string of the molecule is CCCCCCC1(CCCCCC)c2cc(N(c3ccc(C)cc3)c3ccc(-c4ccccc4)cc3)ccc2-c2ccc(N(c3ccc(-c4ccc(C(C)(CC)c5ccc(C)cc5)cc4)cc3)c3ccc(-c4ccc5c(c4)CC5)cc3)cc21. The number of rotatable bonds is 22. The van der Waals surface area contributed by atoms with E-state index in [4.69, 9.17) is 0 Å². The van der Waals surface area contributed by atoms with Gasteiger partial charge in [0.1, 0.15) is 0 Å². The first-order valence-corrected chi connectivity index (χ1v) is 31.3. The van der Waals surface area contributed by atoms with Crippen LogP contribution in [0.3, 0.4) is 0 Å².